The number of fused-ring (bicyclic) bond motifs is 10. The summed E-state index contributed by atoms with van der Waals surface area (Å²) >= 11 is 0. The van der Waals surface area contributed by atoms with Gasteiger partial charge in [-0.3, -0.25) is 0 Å². The van der Waals surface area contributed by atoms with Crippen molar-refractivity contribution >= 4 is 93.3 Å². The molecule has 0 atom stereocenters. The van der Waals surface area contributed by atoms with Gasteiger partial charge in [0.1, 0.15) is 22.3 Å². The van der Waals surface area contributed by atoms with E-state index in [1.165, 1.54) is 43.4 Å². The molecule has 3 nitrogen and oxygen atoms in total. The lowest BCUT2D eigenvalue weighted by Crippen LogP contribution is -2.11. The van der Waals surface area contributed by atoms with Gasteiger partial charge in [-0.2, -0.15) is 0 Å². The van der Waals surface area contributed by atoms with Crippen LogP contribution in [0, 0.1) is 0 Å². The molecule has 0 fully saturated rings. The van der Waals surface area contributed by atoms with Gasteiger partial charge in [0, 0.05) is 44.0 Å². The van der Waals surface area contributed by atoms with E-state index in [1.54, 1.807) is 0 Å². The summed E-state index contributed by atoms with van der Waals surface area (Å²) in [6.45, 7) is 0. The average Bonchev–Trinajstić information content (AvgIpc) is 3.83. The highest BCUT2D eigenvalue weighted by Crippen LogP contribution is 2.46. The van der Waals surface area contributed by atoms with Gasteiger partial charge in [-0.25, -0.2) is 0 Å². The van der Waals surface area contributed by atoms with E-state index in [0.29, 0.717) is 0 Å². The van der Waals surface area contributed by atoms with Gasteiger partial charge in [-0.1, -0.05) is 146 Å². The van der Waals surface area contributed by atoms with Gasteiger partial charge in [0.05, 0.1) is 5.69 Å². The highest BCUT2D eigenvalue weighted by atomic mass is 16.3. The average molecular weight is 728 g/mol. The number of hydrogen-bond donors (Lipinski definition) is 0. The molecule has 0 saturated heterocycles. The van der Waals surface area contributed by atoms with Crippen molar-refractivity contribution in [2.45, 2.75) is 0 Å². The predicted octanol–water partition coefficient (Wildman–Crippen LogP) is 15.7. The highest BCUT2D eigenvalue weighted by molar-refractivity contribution is 6.15. The zero-order chi connectivity index (χ0) is 37.5. The molecule has 0 bridgehead atoms. The van der Waals surface area contributed by atoms with Gasteiger partial charge in [-0.15, -0.1) is 0 Å². The number of furan rings is 2. The van der Waals surface area contributed by atoms with Gasteiger partial charge in [0.2, 0.25) is 0 Å². The van der Waals surface area contributed by atoms with Gasteiger partial charge < -0.3 is 13.7 Å². The fourth-order valence-corrected chi connectivity index (χ4v) is 8.95. The Morgan fingerprint density at radius 2 is 0.930 bits per heavy atom. The number of hydrogen-bond acceptors (Lipinski definition) is 3. The number of anilines is 3. The second-order valence-electron chi connectivity index (χ2n) is 14.8. The number of para-hydroxylation sites is 3. The largest absolute Gasteiger partial charge is 0.456 e. The number of nitrogens with zero attached hydrogens (tertiary/aromatic N) is 1. The normalized spacial score (nSPS) is 11.9. The summed E-state index contributed by atoms with van der Waals surface area (Å²) in [7, 11) is 0. The third-order valence-electron chi connectivity index (χ3n) is 11.6. The van der Waals surface area contributed by atoms with E-state index in [9.17, 15) is 0 Å². The van der Waals surface area contributed by atoms with Crippen molar-refractivity contribution in [2.24, 2.45) is 0 Å². The van der Waals surface area contributed by atoms with E-state index in [1.807, 2.05) is 12.1 Å². The molecular formula is C54H33NO2. The SMILES string of the molecule is c1ccc(N(c2ccc(-c3cccc4c3ccc3ccccc34)cc2)c2ccc3oc4ccccc4c3c2)c(-c2cccc3c2oc2cc4ccccc4cc23)c1. The zero-order valence-corrected chi connectivity index (χ0v) is 30.8. The number of benzene rings is 10. The summed E-state index contributed by atoms with van der Waals surface area (Å²) < 4.78 is 13.1. The topological polar surface area (TPSA) is 29.5 Å². The van der Waals surface area contributed by atoms with E-state index in [-0.39, 0.29) is 0 Å². The van der Waals surface area contributed by atoms with Crippen molar-refractivity contribution in [2.75, 3.05) is 4.90 Å². The van der Waals surface area contributed by atoms with Crippen LogP contribution < -0.4 is 4.90 Å². The van der Waals surface area contributed by atoms with Crippen LogP contribution in [-0.4, -0.2) is 0 Å². The molecule has 10 aromatic carbocycles. The van der Waals surface area contributed by atoms with E-state index in [4.69, 9.17) is 8.83 Å². The van der Waals surface area contributed by atoms with Crippen LogP contribution in [0.4, 0.5) is 17.1 Å². The van der Waals surface area contributed by atoms with Crippen LogP contribution in [0.3, 0.4) is 0 Å². The fourth-order valence-electron chi connectivity index (χ4n) is 8.95. The number of rotatable bonds is 5. The molecule has 12 aromatic rings. The summed E-state index contributed by atoms with van der Waals surface area (Å²) in [5, 5.41) is 11.8. The molecule has 2 heterocycles. The quantitative estimate of drug-likeness (QED) is 0.165. The summed E-state index contributed by atoms with van der Waals surface area (Å²) in [5.74, 6) is 0. The Morgan fingerprint density at radius 1 is 0.298 bits per heavy atom. The van der Waals surface area contributed by atoms with Crippen molar-refractivity contribution in [3.05, 3.63) is 200 Å². The van der Waals surface area contributed by atoms with Crippen LogP contribution in [0.25, 0.3) is 98.4 Å². The smallest absolute Gasteiger partial charge is 0.143 e. The molecule has 0 unspecified atom stereocenters. The van der Waals surface area contributed by atoms with Crippen molar-refractivity contribution in [3.63, 3.8) is 0 Å². The van der Waals surface area contributed by atoms with Crippen LogP contribution in [0.15, 0.2) is 209 Å². The first-order chi connectivity index (χ1) is 28.2. The molecule has 0 spiro atoms. The molecule has 0 aliphatic heterocycles. The monoisotopic (exact) mass is 727 g/mol. The van der Waals surface area contributed by atoms with Gasteiger partial charge >= 0.3 is 0 Å². The summed E-state index contributed by atoms with van der Waals surface area (Å²) in [6, 6.07) is 71.6. The van der Waals surface area contributed by atoms with Crippen LogP contribution >= 0.6 is 0 Å². The minimum atomic E-state index is 0.867. The van der Waals surface area contributed by atoms with Crippen LogP contribution in [0.1, 0.15) is 0 Å². The Bertz CT molecular complexity index is 3530. The second-order valence-corrected chi connectivity index (χ2v) is 14.8. The molecule has 12 rings (SSSR count). The molecule has 0 N–H and O–H groups in total. The molecule has 0 aliphatic carbocycles. The summed E-state index contributed by atoms with van der Waals surface area (Å²) in [5.41, 5.74) is 11.2. The Morgan fingerprint density at radius 3 is 1.81 bits per heavy atom. The minimum Gasteiger partial charge on any atom is -0.456 e. The molecule has 57 heavy (non-hydrogen) atoms. The van der Waals surface area contributed by atoms with Crippen LogP contribution in [-0.2, 0) is 0 Å². The minimum absolute atomic E-state index is 0.867. The second kappa shape index (κ2) is 12.5. The Kier molecular flexibility index (Phi) is 6.93. The first-order valence-corrected chi connectivity index (χ1v) is 19.4. The van der Waals surface area contributed by atoms with E-state index >= 15 is 0 Å². The molecule has 0 saturated carbocycles. The van der Waals surface area contributed by atoms with Gasteiger partial charge in [-0.05, 0) is 98.0 Å². The van der Waals surface area contributed by atoms with Crippen molar-refractivity contribution < 1.29 is 8.83 Å². The third-order valence-corrected chi connectivity index (χ3v) is 11.6. The molecule has 3 heteroatoms. The van der Waals surface area contributed by atoms with E-state index < -0.39 is 0 Å². The van der Waals surface area contributed by atoms with Crippen molar-refractivity contribution in [1.82, 2.24) is 0 Å². The van der Waals surface area contributed by atoms with Crippen molar-refractivity contribution in [1.29, 1.82) is 0 Å². The third kappa shape index (κ3) is 4.99. The van der Waals surface area contributed by atoms with E-state index in [0.717, 1.165) is 72.1 Å². The maximum atomic E-state index is 6.78. The Labute approximate surface area is 328 Å². The summed E-state index contributed by atoms with van der Waals surface area (Å²) in [4.78, 5) is 2.37. The molecule has 0 radical (unpaired) electrons. The van der Waals surface area contributed by atoms with Gasteiger partial charge in [0.15, 0.2) is 0 Å². The highest BCUT2D eigenvalue weighted by Gasteiger charge is 2.22. The molecule has 266 valence electrons. The maximum Gasteiger partial charge on any atom is 0.143 e. The lowest BCUT2D eigenvalue weighted by atomic mass is 9.94. The lowest BCUT2D eigenvalue weighted by molar-refractivity contribution is 0.669. The first-order valence-electron chi connectivity index (χ1n) is 19.4. The molecule has 2 aromatic heterocycles. The van der Waals surface area contributed by atoms with Gasteiger partial charge in [0.25, 0.3) is 0 Å². The molecule has 0 aliphatic rings. The zero-order valence-electron chi connectivity index (χ0n) is 30.8. The molecule has 0 amide bonds. The predicted molar refractivity (Wildman–Crippen MR) is 239 cm³/mol. The lowest BCUT2D eigenvalue weighted by Gasteiger charge is -2.28. The van der Waals surface area contributed by atoms with Crippen LogP contribution in [0.5, 0.6) is 0 Å². The maximum absolute atomic E-state index is 6.78. The standard InChI is InChI=1S/C54H33NO2/c1-2-13-37-32-53-48(31-36(37)12-1)47-20-10-19-46(54(47)57-53)44-15-5-7-21-50(44)55(39-28-30-52-49(33-39)45-16-6-8-22-51(45)56-52)38-26-23-35(24-27-38)41-17-9-18-42-40-14-4-3-11-34(40)25-29-43(41)42/h1-33H. The van der Waals surface area contributed by atoms with Crippen molar-refractivity contribution in [3.8, 4) is 22.3 Å². The summed E-state index contributed by atoms with van der Waals surface area (Å²) in [6.07, 6.45) is 0. The Balaban J connectivity index is 1.06. The molecular weight excluding hydrogens is 695 g/mol. The first kappa shape index (κ1) is 31.7. The fraction of sp³-hybridized carbons (Fsp3) is 0. The van der Waals surface area contributed by atoms with Crippen LogP contribution in [0.2, 0.25) is 0 Å². The van der Waals surface area contributed by atoms with E-state index in [2.05, 4.69) is 193 Å². The Hall–Kier alpha value is -7.62.